The van der Waals surface area contributed by atoms with E-state index in [-0.39, 0.29) is 6.61 Å². The Balaban J connectivity index is 2.07. The molecule has 90 valence electrons. The maximum atomic E-state index is 9.24. The molecule has 3 nitrogen and oxygen atoms in total. The van der Waals surface area contributed by atoms with Crippen molar-refractivity contribution in [2.24, 2.45) is 17.6 Å². The molecule has 1 saturated carbocycles. The average molecular weight is 215 g/mol. The van der Waals surface area contributed by atoms with E-state index in [1.165, 1.54) is 6.42 Å². The van der Waals surface area contributed by atoms with Gasteiger partial charge in [0.15, 0.2) is 0 Å². The zero-order valence-electron chi connectivity index (χ0n) is 10.0. The molecule has 0 radical (unpaired) electrons. The first kappa shape index (κ1) is 12.9. The first-order valence-corrected chi connectivity index (χ1v) is 6.06. The van der Waals surface area contributed by atoms with Crippen LogP contribution in [0.3, 0.4) is 0 Å². The fourth-order valence-corrected chi connectivity index (χ4v) is 1.81. The summed E-state index contributed by atoms with van der Waals surface area (Å²) < 4.78 is 5.56. The van der Waals surface area contributed by atoms with Gasteiger partial charge >= 0.3 is 0 Å². The molecule has 0 saturated heterocycles. The van der Waals surface area contributed by atoms with Crippen molar-refractivity contribution in [1.82, 2.24) is 0 Å². The summed E-state index contributed by atoms with van der Waals surface area (Å²) in [5, 5.41) is 9.24. The molecule has 1 fully saturated rings. The summed E-state index contributed by atoms with van der Waals surface area (Å²) >= 11 is 0. The van der Waals surface area contributed by atoms with E-state index in [9.17, 15) is 5.11 Å². The third-order valence-electron chi connectivity index (χ3n) is 3.13. The zero-order chi connectivity index (χ0) is 11.3. The van der Waals surface area contributed by atoms with Crippen LogP contribution >= 0.6 is 0 Å². The van der Waals surface area contributed by atoms with Crippen molar-refractivity contribution < 1.29 is 9.84 Å². The Bertz CT molecular complexity index is 180. The molecule has 0 aromatic heterocycles. The number of nitrogens with two attached hydrogens (primary N) is 1. The summed E-state index contributed by atoms with van der Waals surface area (Å²) in [6.07, 6.45) is 4.57. The van der Waals surface area contributed by atoms with E-state index >= 15 is 0 Å². The molecular formula is C12H25NO2. The third kappa shape index (κ3) is 4.49. The summed E-state index contributed by atoms with van der Waals surface area (Å²) in [6.45, 7) is 5.74. The minimum absolute atomic E-state index is 0.0435. The molecule has 3 N–H and O–H groups in total. The van der Waals surface area contributed by atoms with E-state index in [4.69, 9.17) is 10.5 Å². The lowest BCUT2D eigenvalue weighted by atomic mass is 9.97. The normalized spacial score (nSPS) is 20.6. The molecule has 15 heavy (non-hydrogen) atoms. The summed E-state index contributed by atoms with van der Waals surface area (Å²) in [4.78, 5) is 0. The lowest BCUT2D eigenvalue weighted by Gasteiger charge is -2.26. The molecule has 0 amide bonds. The molecule has 1 rings (SSSR count). The van der Waals surface area contributed by atoms with E-state index in [0.717, 1.165) is 31.8 Å². The number of rotatable bonds is 8. The zero-order valence-corrected chi connectivity index (χ0v) is 10.0. The van der Waals surface area contributed by atoms with Gasteiger partial charge in [0.05, 0.1) is 18.8 Å². The standard InChI is InChI=1S/C12H25NO2/c1-10(2)4-3-7-15-9-12(13,8-14)11-5-6-11/h10-11,14H,3-9,13H2,1-2H3. The van der Waals surface area contributed by atoms with Gasteiger partial charge in [-0.3, -0.25) is 0 Å². The topological polar surface area (TPSA) is 55.5 Å². The van der Waals surface area contributed by atoms with Gasteiger partial charge in [0.25, 0.3) is 0 Å². The SMILES string of the molecule is CC(C)CCCOCC(N)(CO)C1CC1. The van der Waals surface area contributed by atoms with E-state index in [0.29, 0.717) is 12.5 Å². The highest BCUT2D eigenvalue weighted by molar-refractivity contribution is 4.98. The molecule has 0 aromatic carbocycles. The van der Waals surface area contributed by atoms with E-state index in [1.54, 1.807) is 0 Å². The average Bonchev–Trinajstić information content (AvgIpc) is 3.00. The lowest BCUT2D eigenvalue weighted by molar-refractivity contribution is 0.0420. The van der Waals surface area contributed by atoms with Crippen LogP contribution in [0, 0.1) is 11.8 Å². The van der Waals surface area contributed by atoms with Gasteiger partial charge in [-0.2, -0.15) is 0 Å². The van der Waals surface area contributed by atoms with Crippen molar-refractivity contribution in [3.05, 3.63) is 0 Å². The van der Waals surface area contributed by atoms with Crippen LogP contribution in [0.25, 0.3) is 0 Å². The minimum Gasteiger partial charge on any atom is -0.394 e. The smallest absolute Gasteiger partial charge is 0.0671 e. The van der Waals surface area contributed by atoms with Crippen molar-refractivity contribution in [2.45, 2.75) is 45.1 Å². The Morgan fingerprint density at radius 1 is 1.47 bits per heavy atom. The van der Waals surface area contributed by atoms with Crippen molar-refractivity contribution in [1.29, 1.82) is 0 Å². The highest BCUT2D eigenvalue weighted by Crippen LogP contribution is 2.38. The van der Waals surface area contributed by atoms with Crippen molar-refractivity contribution >= 4 is 0 Å². The van der Waals surface area contributed by atoms with Gasteiger partial charge in [-0.15, -0.1) is 0 Å². The molecule has 0 aromatic rings. The lowest BCUT2D eigenvalue weighted by Crippen LogP contribution is -2.50. The minimum atomic E-state index is -0.474. The molecule has 3 heteroatoms. The largest absolute Gasteiger partial charge is 0.394 e. The fourth-order valence-electron chi connectivity index (χ4n) is 1.81. The van der Waals surface area contributed by atoms with Crippen LogP contribution in [-0.2, 0) is 4.74 Å². The third-order valence-corrected chi connectivity index (χ3v) is 3.13. The monoisotopic (exact) mass is 215 g/mol. The molecule has 0 heterocycles. The van der Waals surface area contributed by atoms with Crippen LogP contribution in [0.5, 0.6) is 0 Å². The van der Waals surface area contributed by atoms with Gasteiger partial charge < -0.3 is 15.6 Å². The highest BCUT2D eigenvalue weighted by atomic mass is 16.5. The Hall–Kier alpha value is -0.120. The number of aliphatic hydroxyl groups is 1. The first-order chi connectivity index (χ1) is 7.08. The number of aliphatic hydroxyl groups excluding tert-OH is 1. The maximum absolute atomic E-state index is 9.24. The van der Waals surface area contributed by atoms with Crippen LogP contribution < -0.4 is 5.73 Å². The van der Waals surface area contributed by atoms with Gasteiger partial charge in [0, 0.05) is 6.61 Å². The van der Waals surface area contributed by atoms with E-state index < -0.39 is 5.54 Å². The number of ether oxygens (including phenoxy) is 1. The van der Waals surface area contributed by atoms with Crippen LogP contribution in [0.2, 0.25) is 0 Å². The van der Waals surface area contributed by atoms with Crippen molar-refractivity contribution in [2.75, 3.05) is 19.8 Å². The van der Waals surface area contributed by atoms with Gasteiger partial charge in [0.2, 0.25) is 0 Å². The molecule has 1 unspecified atom stereocenters. The van der Waals surface area contributed by atoms with Crippen LogP contribution in [0.15, 0.2) is 0 Å². The predicted molar refractivity (Wildman–Crippen MR) is 61.6 cm³/mol. The number of hydrogen-bond acceptors (Lipinski definition) is 3. The summed E-state index contributed by atoms with van der Waals surface area (Å²) in [5.41, 5.74) is 5.60. The molecule has 1 aliphatic carbocycles. The summed E-state index contributed by atoms with van der Waals surface area (Å²) in [5.74, 6) is 1.21. The quantitative estimate of drug-likeness (QED) is 0.604. The number of hydrogen-bond donors (Lipinski definition) is 2. The molecule has 0 aliphatic heterocycles. The molecule has 1 aliphatic rings. The Kier molecular flexibility index (Phi) is 5.03. The van der Waals surface area contributed by atoms with E-state index in [2.05, 4.69) is 13.8 Å². The van der Waals surface area contributed by atoms with Gasteiger partial charge in [-0.25, -0.2) is 0 Å². The maximum Gasteiger partial charge on any atom is 0.0671 e. The second-order valence-corrected chi connectivity index (χ2v) is 5.25. The van der Waals surface area contributed by atoms with Crippen molar-refractivity contribution in [3.63, 3.8) is 0 Å². The predicted octanol–water partition coefficient (Wildman–Crippen LogP) is 1.54. The summed E-state index contributed by atoms with van der Waals surface area (Å²) in [7, 11) is 0. The first-order valence-electron chi connectivity index (χ1n) is 6.06. The molecule has 1 atom stereocenters. The van der Waals surface area contributed by atoms with Gasteiger partial charge in [0.1, 0.15) is 0 Å². The molecule has 0 spiro atoms. The fraction of sp³-hybridized carbons (Fsp3) is 1.00. The van der Waals surface area contributed by atoms with Gasteiger partial charge in [-0.1, -0.05) is 13.8 Å². The second kappa shape index (κ2) is 5.83. The van der Waals surface area contributed by atoms with Crippen molar-refractivity contribution in [3.8, 4) is 0 Å². The van der Waals surface area contributed by atoms with Gasteiger partial charge in [-0.05, 0) is 37.5 Å². The van der Waals surface area contributed by atoms with Crippen LogP contribution in [0.1, 0.15) is 39.5 Å². The summed E-state index contributed by atoms with van der Waals surface area (Å²) in [6, 6.07) is 0. The Morgan fingerprint density at radius 2 is 2.13 bits per heavy atom. The van der Waals surface area contributed by atoms with Crippen LogP contribution in [0.4, 0.5) is 0 Å². The molecule has 0 bridgehead atoms. The Labute approximate surface area is 93.0 Å². The highest BCUT2D eigenvalue weighted by Gasteiger charge is 2.41. The van der Waals surface area contributed by atoms with Crippen LogP contribution in [-0.4, -0.2) is 30.5 Å². The Morgan fingerprint density at radius 3 is 2.60 bits per heavy atom. The van der Waals surface area contributed by atoms with E-state index in [1.807, 2.05) is 0 Å². The molecular weight excluding hydrogens is 190 g/mol. The second-order valence-electron chi connectivity index (χ2n) is 5.25.